The quantitative estimate of drug-likeness (QED) is 0.242. The normalized spacial score (nSPS) is 10.2. The number of esters is 2. The first kappa shape index (κ1) is 26.5. The van der Waals surface area contributed by atoms with Crippen LogP contribution in [0.3, 0.4) is 0 Å². The van der Waals surface area contributed by atoms with Crippen LogP contribution in [0.1, 0.15) is 104 Å². The average molecular weight is 377 g/mol. The minimum absolute atomic E-state index is 0. The van der Waals surface area contributed by atoms with Gasteiger partial charge in [0.1, 0.15) is 0 Å². The van der Waals surface area contributed by atoms with Gasteiger partial charge in [-0.1, -0.05) is 78.1 Å². The highest BCUT2D eigenvalue weighted by Crippen LogP contribution is 2.07. The molecule has 5 heteroatoms. The van der Waals surface area contributed by atoms with Crippen molar-refractivity contribution >= 4 is 25.4 Å². The van der Waals surface area contributed by atoms with Crippen LogP contribution in [0.4, 0.5) is 0 Å². The lowest BCUT2D eigenvalue weighted by Crippen LogP contribution is -2.11. The molecule has 0 N–H and O–H groups in total. The molecule has 0 heterocycles. The Balaban J connectivity index is 0. The van der Waals surface area contributed by atoms with E-state index in [1.54, 1.807) is 0 Å². The zero-order valence-corrected chi connectivity index (χ0v) is 17.4. The lowest BCUT2D eigenvalue weighted by atomic mass is 10.1. The summed E-state index contributed by atoms with van der Waals surface area (Å²) in [6.07, 6.45) is 14.3. The Hall–Kier alpha value is -0.710. The van der Waals surface area contributed by atoms with Crippen LogP contribution < -0.4 is 0 Å². The van der Waals surface area contributed by atoms with E-state index in [4.69, 9.17) is 9.47 Å². The van der Waals surface area contributed by atoms with E-state index >= 15 is 0 Å². The fourth-order valence-electron chi connectivity index (χ4n) is 2.49. The van der Waals surface area contributed by atoms with Crippen molar-refractivity contribution in [3.05, 3.63) is 0 Å². The van der Waals surface area contributed by atoms with E-state index in [1.807, 2.05) is 0 Å². The highest BCUT2D eigenvalue weighted by molar-refractivity contribution is 7.59. The second-order valence-corrected chi connectivity index (χ2v) is 6.48. The molecule has 0 aromatic carbocycles. The van der Waals surface area contributed by atoms with Gasteiger partial charge in [0.25, 0.3) is 0 Å². The van der Waals surface area contributed by atoms with Gasteiger partial charge >= 0.3 is 11.9 Å². The highest BCUT2D eigenvalue weighted by Gasteiger charge is 2.08. The third kappa shape index (κ3) is 21.2. The Kier molecular flexibility index (Phi) is 22.6. The molecule has 4 nitrogen and oxygen atoms in total. The van der Waals surface area contributed by atoms with Crippen molar-refractivity contribution in [2.24, 2.45) is 0 Å². The molecule has 0 saturated carbocycles. The molecule has 0 spiro atoms. The summed E-state index contributed by atoms with van der Waals surface area (Å²) < 4.78 is 10.3. The smallest absolute Gasteiger partial charge is 0.306 e. The summed E-state index contributed by atoms with van der Waals surface area (Å²) in [7, 11) is 0. The number of carbonyl (C=O) groups excluding carboxylic acids is 2. The van der Waals surface area contributed by atoms with Crippen LogP contribution in [0.2, 0.25) is 0 Å². The fraction of sp³-hybridized carbons (Fsp3) is 0.900. The molecule has 0 aliphatic rings. The van der Waals surface area contributed by atoms with E-state index in [0.717, 1.165) is 25.7 Å². The highest BCUT2D eigenvalue weighted by atomic mass is 32.1. The van der Waals surface area contributed by atoms with Crippen molar-refractivity contribution in [1.82, 2.24) is 0 Å². The molecule has 150 valence electrons. The number of rotatable bonds is 17. The number of unbranched alkanes of at least 4 members (excludes halogenated alkanes) is 10. The largest absolute Gasteiger partial charge is 0.466 e. The van der Waals surface area contributed by atoms with Gasteiger partial charge in [0, 0.05) is 0 Å². The van der Waals surface area contributed by atoms with Crippen molar-refractivity contribution in [1.29, 1.82) is 0 Å². The lowest BCUT2D eigenvalue weighted by Gasteiger charge is -2.06. The lowest BCUT2D eigenvalue weighted by molar-refractivity contribution is -0.150. The molecular formula is C20H40O4S. The van der Waals surface area contributed by atoms with Crippen LogP contribution in [0.15, 0.2) is 0 Å². The van der Waals surface area contributed by atoms with Crippen molar-refractivity contribution in [3.8, 4) is 0 Å². The minimum atomic E-state index is -0.292. The SMILES string of the molecule is CCCCCCCCOC(=O)CCC(=O)OCCCCCCCC.S. The van der Waals surface area contributed by atoms with E-state index in [9.17, 15) is 9.59 Å². The Labute approximate surface area is 161 Å². The van der Waals surface area contributed by atoms with Gasteiger partial charge in [-0.25, -0.2) is 0 Å². The first-order valence-electron chi connectivity index (χ1n) is 10.0. The van der Waals surface area contributed by atoms with Gasteiger partial charge in [0.2, 0.25) is 0 Å². The summed E-state index contributed by atoms with van der Waals surface area (Å²) in [5.74, 6) is -0.583. The molecule has 0 aliphatic heterocycles. The van der Waals surface area contributed by atoms with Crippen molar-refractivity contribution in [3.63, 3.8) is 0 Å². The van der Waals surface area contributed by atoms with Crippen molar-refractivity contribution in [2.45, 2.75) is 104 Å². The van der Waals surface area contributed by atoms with E-state index in [1.165, 1.54) is 51.4 Å². The first-order valence-corrected chi connectivity index (χ1v) is 10.0. The van der Waals surface area contributed by atoms with Crippen LogP contribution >= 0.6 is 13.5 Å². The Morgan fingerprint density at radius 1 is 0.560 bits per heavy atom. The summed E-state index contributed by atoms with van der Waals surface area (Å²) in [5.41, 5.74) is 0. The molecule has 0 unspecified atom stereocenters. The summed E-state index contributed by atoms with van der Waals surface area (Å²) in [6, 6.07) is 0. The predicted octanol–water partition coefficient (Wildman–Crippen LogP) is 5.69. The first-order chi connectivity index (χ1) is 11.7. The average Bonchev–Trinajstić information content (AvgIpc) is 2.58. The molecule has 0 bridgehead atoms. The van der Waals surface area contributed by atoms with Gasteiger partial charge < -0.3 is 9.47 Å². The fourth-order valence-corrected chi connectivity index (χ4v) is 2.49. The molecule has 0 saturated heterocycles. The van der Waals surface area contributed by atoms with E-state index in [-0.39, 0.29) is 38.3 Å². The molecule has 0 amide bonds. The van der Waals surface area contributed by atoms with E-state index in [2.05, 4.69) is 13.8 Å². The Bertz CT molecular complexity index is 278. The second kappa shape index (κ2) is 21.3. The third-order valence-corrected chi connectivity index (χ3v) is 4.06. The van der Waals surface area contributed by atoms with E-state index < -0.39 is 0 Å². The van der Waals surface area contributed by atoms with Crippen LogP contribution in [-0.4, -0.2) is 25.2 Å². The van der Waals surface area contributed by atoms with Crippen molar-refractivity contribution in [2.75, 3.05) is 13.2 Å². The number of carbonyl (C=O) groups is 2. The second-order valence-electron chi connectivity index (χ2n) is 6.48. The maximum atomic E-state index is 11.5. The van der Waals surface area contributed by atoms with Crippen LogP contribution in [-0.2, 0) is 19.1 Å². The molecular weight excluding hydrogens is 336 g/mol. The summed E-state index contributed by atoms with van der Waals surface area (Å²) in [5, 5.41) is 0. The Morgan fingerprint density at radius 2 is 0.880 bits per heavy atom. The monoisotopic (exact) mass is 376 g/mol. The molecule has 0 atom stereocenters. The Morgan fingerprint density at radius 3 is 1.24 bits per heavy atom. The standard InChI is InChI=1S/C20H38O4.H2S/c1-3-5-7-9-11-13-17-23-19(21)15-16-20(22)24-18-14-12-10-8-6-4-2;/h3-18H2,1-2H3;1H2. The molecule has 25 heavy (non-hydrogen) atoms. The molecule has 0 aliphatic carbocycles. The molecule has 0 radical (unpaired) electrons. The van der Waals surface area contributed by atoms with Crippen LogP contribution in [0.5, 0.6) is 0 Å². The molecule has 0 aromatic heterocycles. The number of hydrogen-bond acceptors (Lipinski definition) is 4. The van der Waals surface area contributed by atoms with Gasteiger partial charge in [0.15, 0.2) is 0 Å². The molecule has 0 rings (SSSR count). The molecule has 0 aromatic rings. The molecule has 0 fully saturated rings. The van der Waals surface area contributed by atoms with Gasteiger partial charge in [-0.2, -0.15) is 13.5 Å². The maximum Gasteiger partial charge on any atom is 0.306 e. The van der Waals surface area contributed by atoms with E-state index in [0.29, 0.717) is 13.2 Å². The zero-order valence-electron chi connectivity index (χ0n) is 16.4. The topological polar surface area (TPSA) is 52.6 Å². The van der Waals surface area contributed by atoms with Gasteiger partial charge in [-0.15, -0.1) is 0 Å². The van der Waals surface area contributed by atoms with Gasteiger partial charge in [0.05, 0.1) is 26.1 Å². The summed E-state index contributed by atoms with van der Waals surface area (Å²) >= 11 is 0. The number of hydrogen-bond donors (Lipinski definition) is 0. The summed E-state index contributed by atoms with van der Waals surface area (Å²) in [6.45, 7) is 5.33. The zero-order chi connectivity index (χ0) is 17.9. The summed E-state index contributed by atoms with van der Waals surface area (Å²) in [4.78, 5) is 23.1. The van der Waals surface area contributed by atoms with Gasteiger partial charge in [-0.3, -0.25) is 9.59 Å². The maximum absolute atomic E-state index is 11.5. The minimum Gasteiger partial charge on any atom is -0.466 e. The third-order valence-electron chi connectivity index (χ3n) is 4.06. The van der Waals surface area contributed by atoms with Crippen LogP contribution in [0.25, 0.3) is 0 Å². The van der Waals surface area contributed by atoms with Crippen LogP contribution in [0, 0.1) is 0 Å². The van der Waals surface area contributed by atoms with Crippen molar-refractivity contribution < 1.29 is 19.1 Å². The van der Waals surface area contributed by atoms with Gasteiger partial charge in [-0.05, 0) is 12.8 Å². The number of ether oxygens (including phenoxy) is 2. The predicted molar refractivity (Wildman–Crippen MR) is 108 cm³/mol.